The maximum absolute atomic E-state index is 13.5. The Balaban J connectivity index is 2.52. The maximum Gasteiger partial charge on any atom is 0.263 e. The van der Waals surface area contributed by atoms with Gasteiger partial charge in [-0.3, -0.25) is 4.72 Å². The number of phenolic OH excluding ortho intramolecular Hbond substituents is 1. The van der Waals surface area contributed by atoms with E-state index in [0.29, 0.717) is 0 Å². The summed E-state index contributed by atoms with van der Waals surface area (Å²) in [6, 6.07) is 8.82. The third kappa shape index (κ3) is 2.91. The van der Waals surface area contributed by atoms with Gasteiger partial charge in [-0.15, -0.1) is 0 Å². The molecule has 2 aromatic rings. The van der Waals surface area contributed by atoms with Gasteiger partial charge in [-0.1, -0.05) is 23.7 Å². The summed E-state index contributed by atoms with van der Waals surface area (Å²) >= 11 is 5.68. The SMILES string of the molecule is N#Cc1c(F)cccc1S(=O)(=O)Nc1cccc(Cl)c1O. The van der Waals surface area contributed by atoms with Crippen LogP contribution in [0.15, 0.2) is 41.3 Å². The minimum Gasteiger partial charge on any atom is -0.504 e. The quantitative estimate of drug-likeness (QED) is 0.849. The van der Waals surface area contributed by atoms with Crippen LogP contribution >= 0.6 is 11.6 Å². The molecule has 0 radical (unpaired) electrons. The van der Waals surface area contributed by atoms with E-state index < -0.39 is 32.0 Å². The molecule has 8 heteroatoms. The Kier molecular flexibility index (Phi) is 4.02. The summed E-state index contributed by atoms with van der Waals surface area (Å²) in [5.74, 6) is -1.41. The highest BCUT2D eigenvalue weighted by Crippen LogP contribution is 2.33. The van der Waals surface area contributed by atoms with E-state index in [2.05, 4.69) is 4.72 Å². The van der Waals surface area contributed by atoms with Gasteiger partial charge in [0.05, 0.1) is 10.7 Å². The van der Waals surface area contributed by atoms with E-state index in [-0.39, 0.29) is 10.7 Å². The Morgan fingerprint density at radius 1 is 1.24 bits per heavy atom. The molecule has 0 bridgehead atoms. The fourth-order valence-corrected chi connectivity index (χ4v) is 3.04. The smallest absolute Gasteiger partial charge is 0.263 e. The summed E-state index contributed by atoms with van der Waals surface area (Å²) in [7, 11) is -4.25. The normalized spacial score (nSPS) is 10.9. The number of halogens is 2. The van der Waals surface area contributed by atoms with Crippen LogP contribution in [0, 0.1) is 17.1 Å². The lowest BCUT2D eigenvalue weighted by atomic mass is 10.2. The zero-order chi connectivity index (χ0) is 15.6. The predicted octanol–water partition coefficient (Wildman–Crippen LogP) is 2.86. The first-order chi connectivity index (χ1) is 9.86. The minimum absolute atomic E-state index is 0.0463. The topological polar surface area (TPSA) is 90.2 Å². The monoisotopic (exact) mass is 326 g/mol. The largest absolute Gasteiger partial charge is 0.504 e. The number of nitrogens with one attached hydrogen (secondary N) is 1. The number of nitrogens with zero attached hydrogens (tertiary/aromatic N) is 1. The zero-order valence-corrected chi connectivity index (χ0v) is 11.9. The van der Waals surface area contributed by atoms with Crippen molar-refractivity contribution < 1.29 is 17.9 Å². The molecule has 0 aliphatic heterocycles. The molecule has 0 aliphatic carbocycles. The Bertz CT molecular complexity index is 847. The summed E-state index contributed by atoms with van der Waals surface area (Å²) in [4.78, 5) is -0.524. The molecule has 0 aliphatic rings. The molecule has 2 N–H and O–H groups in total. The summed E-state index contributed by atoms with van der Waals surface area (Å²) in [6.07, 6.45) is 0. The molecule has 0 atom stereocenters. The lowest BCUT2D eigenvalue weighted by Gasteiger charge is -2.11. The molecule has 0 aromatic heterocycles. The highest BCUT2D eigenvalue weighted by atomic mass is 35.5. The third-order valence-corrected chi connectivity index (χ3v) is 4.32. The summed E-state index contributed by atoms with van der Waals surface area (Å²) in [5.41, 5.74) is -0.776. The van der Waals surface area contributed by atoms with Gasteiger partial charge in [0.25, 0.3) is 10.0 Å². The molecule has 0 saturated carbocycles. The van der Waals surface area contributed by atoms with E-state index in [1.54, 1.807) is 0 Å². The third-order valence-electron chi connectivity index (χ3n) is 2.61. The molecule has 108 valence electrons. The number of para-hydroxylation sites is 1. The Hall–Kier alpha value is -2.30. The first-order valence-electron chi connectivity index (χ1n) is 5.55. The number of benzene rings is 2. The number of anilines is 1. The van der Waals surface area contributed by atoms with Crippen LogP contribution in [0.3, 0.4) is 0 Å². The van der Waals surface area contributed by atoms with Crippen molar-refractivity contribution in [1.82, 2.24) is 0 Å². The molecule has 2 aromatic carbocycles. The van der Waals surface area contributed by atoms with Gasteiger partial charge in [-0.2, -0.15) is 5.26 Å². The van der Waals surface area contributed by atoms with Gasteiger partial charge in [-0.05, 0) is 24.3 Å². The average molecular weight is 327 g/mol. The van der Waals surface area contributed by atoms with Crippen LogP contribution in [0.5, 0.6) is 5.75 Å². The van der Waals surface area contributed by atoms with Crippen molar-refractivity contribution in [2.24, 2.45) is 0 Å². The van der Waals surface area contributed by atoms with E-state index in [0.717, 1.165) is 12.1 Å². The predicted molar refractivity (Wildman–Crippen MR) is 75.0 cm³/mol. The molecular weight excluding hydrogens is 319 g/mol. The van der Waals surface area contributed by atoms with Crippen LogP contribution in [0.2, 0.25) is 5.02 Å². The molecule has 0 unspecified atom stereocenters. The Morgan fingerprint density at radius 3 is 2.57 bits per heavy atom. The van der Waals surface area contributed by atoms with Gasteiger partial charge < -0.3 is 5.11 Å². The van der Waals surface area contributed by atoms with Gasteiger partial charge >= 0.3 is 0 Å². The van der Waals surface area contributed by atoms with E-state index in [1.807, 2.05) is 0 Å². The molecular formula is C13H8ClFN2O3S. The second kappa shape index (κ2) is 5.60. The summed E-state index contributed by atoms with van der Waals surface area (Å²) < 4.78 is 40.0. The summed E-state index contributed by atoms with van der Waals surface area (Å²) in [6.45, 7) is 0. The van der Waals surface area contributed by atoms with Crippen LogP contribution in [0.4, 0.5) is 10.1 Å². The first kappa shape index (κ1) is 15.1. The lowest BCUT2D eigenvalue weighted by Crippen LogP contribution is -2.15. The van der Waals surface area contributed by atoms with E-state index >= 15 is 0 Å². The van der Waals surface area contributed by atoms with Crippen molar-refractivity contribution in [3.05, 3.63) is 52.8 Å². The lowest BCUT2D eigenvalue weighted by molar-refractivity contribution is 0.478. The summed E-state index contributed by atoms with van der Waals surface area (Å²) in [5, 5.41) is 18.5. The van der Waals surface area contributed by atoms with Crippen LogP contribution in [0.1, 0.15) is 5.56 Å². The van der Waals surface area contributed by atoms with Crippen molar-refractivity contribution in [2.75, 3.05) is 4.72 Å². The van der Waals surface area contributed by atoms with Crippen molar-refractivity contribution in [3.8, 4) is 11.8 Å². The average Bonchev–Trinajstić information content (AvgIpc) is 2.43. The highest BCUT2D eigenvalue weighted by molar-refractivity contribution is 7.92. The molecule has 21 heavy (non-hydrogen) atoms. The van der Waals surface area contributed by atoms with E-state index in [1.165, 1.54) is 30.3 Å². The molecule has 0 heterocycles. The van der Waals surface area contributed by atoms with Crippen molar-refractivity contribution in [1.29, 1.82) is 5.26 Å². The molecule has 0 amide bonds. The van der Waals surface area contributed by atoms with Gasteiger partial charge in [0.2, 0.25) is 0 Å². The van der Waals surface area contributed by atoms with Gasteiger partial charge in [0, 0.05) is 0 Å². The molecule has 5 nitrogen and oxygen atoms in total. The maximum atomic E-state index is 13.5. The number of nitriles is 1. The van der Waals surface area contributed by atoms with Crippen molar-refractivity contribution in [2.45, 2.75) is 4.90 Å². The fraction of sp³-hybridized carbons (Fsp3) is 0. The van der Waals surface area contributed by atoms with E-state index in [9.17, 15) is 17.9 Å². The first-order valence-corrected chi connectivity index (χ1v) is 7.42. The number of aromatic hydroxyl groups is 1. The van der Waals surface area contributed by atoms with Gasteiger partial charge in [-0.25, -0.2) is 12.8 Å². The van der Waals surface area contributed by atoms with Crippen molar-refractivity contribution in [3.63, 3.8) is 0 Å². The zero-order valence-electron chi connectivity index (χ0n) is 10.3. The number of sulfonamides is 1. The molecule has 0 saturated heterocycles. The van der Waals surface area contributed by atoms with Crippen LogP contribution < -0.4 is 4.72 Å². The number of hydrogen-bond acceptors (Lipinski definition) is 4. The number of hydrogen-bond donors (Lipinski definition) is 2. The van der Waals surface area contributed by atoms with Crippen molar-refractivity contribution >= 4 is 27.3 Å². The van der Waals surface area contributed by atoms with Gasteiger partial charge in [0.1, 0.15) is 22.3 Å². The number of phenols is 1. The number of rotatable bonds is 3. The molecule has 0 spiro atoms. The second-order valence-electron chi connectivity index (χ2n) is 3.97. The molecule has 0 fully saturated rings. The minimum atomic E-state index is -4.25. The van der Waals surface area contributed by atoms with Crippen LogP contribution in [0.25, 0.3) is 0 Å². The Labute approximate surface area is 125 Å². The van der Waals surface area contributed by atoms with Gasteiger partial charge in [0.15, 0.2) is 5.75 Å². The Morgan fingerprint density at radius 2 is 1.90 bits per heavy atom. The fourth-order valence-electron chi connectivity index (χ4n) is 1.63. The molecule has 2 rings (SSSR count). The standard InChI is InChI=1S/C13H8ClFN2O3S/c14-9-3-1-5-11(13(9)18)17-21(19,20)12-6-2-4-10(15)8(12)7-16/h1-6,17-18H. The van der Waals surface area contributed by atoms with Crippen LogP contribution in [-0.4, -0.2) is 13.5 Å². The second-order valence-corrected chi connectivity index (χ2v) is 6.02. The van der Waals surface area contributed by atoms with E-state index in [4.69, 9.17) is 16.9 Å². The highest BCUT2D eigenvalue weighted by Gasteiger charge is 2.22. The van der Waals surface area contributed by atoms with Crippen LogP contribution in [-0.2, 0) is 10.0 Å².